The number of halogens is 2. The molecule has 0 amide bonds. The van der Waals surface area contributed by atoms with Crippen molar-refractivity contribution in [3.8, 4) is 6.07 Å². The van der Waals surface area contributed by atoms with Gasteiger partial charge in [-0.05, 0) is 0 Å². The Morgan fingerprint density at radius 2 is 2.15 bits per heavy atom. The summed E-state index contributed by atoms with van der Waals surface area (Å²) in [4.78, 5) is 2.00. The smallest absolute Gasteiger partial charge is 0.198 e. The summed E-state index contributed by atoms with van der Waals surface area (Å²) in [5, 5.41) is 9.09. The summed E-state index contributed by atoms with van der Waals surface area (Å²) in [5.74, 6) is 0. The zero-order valence-corrected chi connectivity index (χ0v) is 8.15. The first-order valence-electron chi connectivity index (χ1n) is 4.21. The zero-order chi connectivity index (χ0) is 9.90. The van der Waals surface area contributed by atoms with E-state index < -0.39 is 5.67 Å². The predicted octanol–water partition coefficient (Wildman–Crippen LogP) is 2.07. The van der Waals surface area contributed by atoms with Crippen LogP contribution in [-0.2, 0) is 0 Å². The molecular formula is C9H12ClFN2. The molecule has 1 heterocycles. The van der Waals surface area contributed by atoms with Crippen molar-refractivity contribution in [1.29, 1.82) is 5.26 Å². The first kappa shape index (κ1) is 10.5. The standard InChI is InChI=1S/C9H12ClFN2/c1-8(10)6-13-4-2-9(11,7-12)3-5-13/h1-6H2. The normalized spacial score (nSPS) is 22.2. The van der Waals surface area contributed by atoms with Gasteiger partial charge in [0.1, 0.15) is 6.07 Å². The average Bonchev–Trinajstić information content (AvgIpc) is 2.09. The maximum absolute atomic E-state index is 13.4. The lowest BCUT2D eigenvalue weighted by Gasteiger charge is -2.31. The van der Waals surface area contributed by atoms with Crippen LogP contribution in [-0.4, -0.2) is 30.2 Å². The molecule has 0 bridgehead atoms. The lowest BCUT2D eigenvalue weighted by molar-refractivity contribution is 0.110. The molecule has 0 atom stereocenters. The van der Waals surface area contributed by atoms with E-state index in [-0.39, 0.29) is 12.8 Å². The molecule has 0 saturated carbocycles. The van der Waals surface area contributed by atoms with Gasteiger partial charge in [0.25, 0.3) is 0 Å². The highest BCUT2D eigenvalue weighted by atomic mass is 35.5. The summed E-state index contributed by atoms with van der Waals surface area (Å²) in [6.45, 7) is 5.32. The molecule has 1 fully saturated rings. The van der Waals surface area contributed by atoms with E-state index in [2.05, 4.69) is 6.58 Å². The highest BCUT2D eigenvalue weighted by Gasteiger charge is 2.34. The number of rotatable bonds is 2. The first-order valence-corrected chi connectivity index (χ1v) is 4.59. The summed E-state index contributed by atoms with van der Waals surface area (Å²) < 4.78 is 13.4. The number of piperidine rings is 1. The second-order valence-corrected chi connectivity index (χ2v) is 3.91. The Hall–Kier alpha value is -0.590. The van der Waals surface area contributed by atoms with E-state index in [1.165, 1.54) is 0 Å². The van der Waals surface area contributed by atoms with Gasteiger partial charge in [-0.15, -0.1) is 0 Å². The number of hydrogen-bond acceptors (Lipinski definition) is 2. The SMILES string of the molecule is C=C(Cl)CN1CCC(F)(C#N)CC1. The fourth-order valence-corrected chi connectivity index (χ4v) is 1.59. The molecule has 1 rings (SSSR count). The Morgan fingerprint density at radius 3 is 2.54 bits per heavy atom. The second kappa shape index (κ2) is 4.08. The molecule has 1 aliphatic rings. The van der Waals surface area contributed by atoms with Gasteiger partial charge in [0.15, 0.2) is 5.67 Å². The van der Waals surface area contributed by atoms with Gasteiger partial charge < -0.3 is 0 Å². The molecule has 0 aromatic carbocycles. The van der Waals surface area contributed by atoms with Crippen molar-refractivity contribution in [3.05, 3.63) is 11.6 Å². The van der Waals surface area contributed by atoms with E-state index in [0.717, 1.165) is 0 Å². The van der Waals surface area contributed by atoms with Gasteiger partial charge in [-0.3, -0.25) is 4.90 Å². The molecule has 0 aromatic rings. The van der Waals surface area contributed by atoms with Crippen LogP contribution in [0.15, 0.2) is 11.6 Å². The topological polar surface area (TPSA) is 27.0 Å². The number of nitriles is 1. The molecule has 2 nitrogen and oxygen atoms in total. The molecule has 1 saturated heterocycles. The molecular weight excluding hydrogens is 191 g/mol. The van der Waals surface area contributed by atoms with Crippen LogP contribution in [0.4, 0.5) is 4.39 Å². The van der Waals surface area contributed by atoms with E-state index >= 15 is 0 Å². The Kier molecular flexibility index (Phi) is 3.29. The highest BCUT2D eigenvalue weighted by molar-refractivity contribution is 6.29. The summed E-state index contributed by atoms with van der Waals surface area (Å²) in [7, 11) is 0. The third-order valence-corrected chi connectivity index (χ3v) is 2.36. The van der Waals surface area contributed by atoms with E-state index in [0.29, 0.717) is 24.7 Å². The fraction of sp³-hybridized carbons (Fsp3) is 0.667. The van der Waals surface area contributed by atoms with Crippen molar-refractivity contribution in [2.75, 3.05) is 19.6 Å². The Morgan fingerprint density at radius 1 is 1.62 bits per heavy atom. The van der Waals surface area contributed by atoms with Crippen molar-refractivity contribution in [1.82, 2.24) is 4.90 Å². The van der Waals surface area contributed by atoms with E-state index in [9.17, 15) is 4.39 Å². The average molecular weight is 203 g/mol. The van der Waals surface area contributed by atoms with Crippen LogP contribution < -0.4 is 0 Å². The van der Waals surface area contributed by atoms with Gasteiger partial charge in [0.2, 0.25) is 0 Å². The first-order chi connectivity index (χ1) is 6.06. The van der Waals surface area contributed by atoms with Gasteiger partial charge in [0.05, 0.1) is 0 Å². The lowest BCUT2D eigenvalue weighted by Crippen LogP contribution is -2.41. The van der Waals surface area contributed by atoms with Gasteiger partial charge in [-0.2, -0.15) is 5.26 Å². The van der Waals surface area contributed by atoms with Crippen molar-refractivity contribution in [3.63, 3.8) is 0 Å². The Labute approximate surface area is 82.6 Å². The summed E-state index contributed by atoms with van der Waals surface area (Å²) in [5.41, 5.74) is -1.62. The second-order valence-electron chi connectivity index (χ2n) is 3.37. The summed E-state index contributed by atoms with van der Waals surface area (Å²) in [6.07, 6.45) is 0.543. The highest BCUT2D eigenvalue weighted by Crippen LogP contribution is 2.25. The third-order valence-electron chi connectivity index (χ3n) is 2.24. The quantitative estimate of drug-likeness (QED) is 0.686. The number of hydrogen-bond donors (Lipinski definition) is 0. The maximum atomic E-state index is 13.4. The van der Waals surface area contributed by atoms with Gasteiger partial charge >= 0.3 is 0 Å². The summed E-state index contributed by atoms with van der Waals surface area (Å²) in [6, 6.07) is 1.71. The monoisotopic (exact) mass is 202 g/mol. The largest absolute Gasteiger partial charge is 0.298 e. The van der Waals surface area contributed by atoms with Crippen LogP contribution in [0.25, 0.3) is 0 Å². The van der Waals surface area contributed by atoms with Crippen molar-refractivity contribution < 1.29 is 4.39 Å². The molecule has 0 N–H and O–H groups in total. The van der Waals surface area contributed by atoms with Crippen molar-refractivity contribution in [2.45, 2.75) is 18.5 Å². The zero-order valence-electron chi connectivity index (χ0n) is 7.39. The predicted molar refractivity (Wildman–Crippen MR) is 50.1 cm³/mol. The third kappa shape index (κ3) is 2.98. The fourth-order valence-electron chi connectivity index (χ4n) is 1.42. The minimum Gasteiger partial charge on any atom is -0.298 e. The molecule has 72 valence electrons. The minimum absolute atomic E-state index is 0.271. The molecule has 13 heavy (non-hydrogen) atoms. The maximum Gasteiger partial charge on any atom is 0.198 e. The van der Waals surface area contributed by atoms with Crippen LogP contribution >= 0.6 is 11.6 Å². The van der Waals surface area contributed by atoms with E-state index in [1.54, 1.807) is 6.07 Å². The van der Waals surface area contributed by atoms with Gasteiger partial charge in [-0.1, -0.05) is 18.2 Å². The molecule has 0 aliphatic carbocycles. The van der Waals surface area contributed by atoms with Crippen LogP contribution in [0, 0.1) is 11.3 Å². The van der Waals surface area contributed by atoms with Crippen LogP contribution in [0.5, 0.6) is 0 Å². The summed E-state index contributed by atoms with van der Waals surface area (Å²) >= 11 is 5.62. The van der Waals surface area contributed by atoms with Gasteiger partial charge in [0, 0.05) is 37.5 Å². The molecule has 0 radical (unpaired) electrons. The Balaban J connectivity index is 2.40. The molecule has 0 aromatic heterocycles. The van der Waals surface area contributed by atoms with Crippen molar-refractivity contribution in [2.24, 2.45) is 0 Å². The molecule has 1 aliphatic heterocycles. The van der Waals surface area contributed by atoms with Crippen molar-refractivity contribution >= 4 is 11.6 Å². The number of likely N-dealkylation sites (tertiary alicyclic amines) is 1. The minimum atomic E-state index is -1.62. The number of alkyl halides is 1. The van der Waals surface area contributed by atoms with E-state index in [1.807, 2.05) is 4.90 Å². The van der Waals surface area contributed by atoms with Crippen LogP contribution in [0.1, 0.15) is 12.8 Å². The van der Waals surface area contributed by atoms with Crippen LogP contribution in [0.3, 0.4) is 0 Å². The molecule has 4 heteroatoms. The Bertz CT molecular complexity index is 238. The molecule has 0 unspecified atom stereocenters. The van der Waals surface area contributed by atoms with Gasteiger partial charge in [-0.25, -0.2) is 4.39 Å². The number of nitrogens with zero attached hydrogens (tertiary/aromatic N) is 2. The molecule has 0 spiro atoms. The van der Waals surface area contributed by atoms with E-state index in [4.69, 9.17) is 16.9 Å². The van der Waals surface area contributed by atoms with Crippen LogP contribution in [0.2, 0.25) is 0 Å². The lowest BCUT2D eigenvalue weighted by atomic mass is 9.95.